The summed E-state index contributed by atoms with van der Waals surface area (Å²) in [5.74, 6) is 0.0876. The molecule has 1 fully saturated rings. The topological polar surface area (TPSA) is 20.3 Å². The number of nitrogens with zero attached hydrogens (tertiary/aromatic N) is 1. The Morgan fingerprint density at radius 1 is 1.33 bits per heavy atom. The van der Waals surface area contributed by atoms with Crippen LogP contribution in [0.4, 0.5) is 10.1 Å². The van der Waals surface area contributed by atoms with Crippen LogP contribution in [0.3, 0.4) is 0 Å². The molecule has 1 unspecified atom stereocenters. The normalized spacial score (nSPS) is 21.9. The van der Waals surface area contributed by atoms with Crippen molar-refractivity contribution >= 4 is 34.1 Å². The first-order valence-corrected chi connectivity index (χ1v) is 6.09. The molecule has 1 aromatic carbocycles. The van der Waals surface area contributed by atoms with Gasteiger partial charge in [-0.15, -0.1) is 0 Å². The lowest BCUT2D eigenvalue weighted by atomic mass is 10.1. The molecule has 1 atom stereocenters. The fourth-order valence-corrected chi connectivity index (χ4v) is 2.80. The van der Waals surface area contributed by atoms with Gasteiger partial charge in [0, 0.05) is 25.1 Å². The van der Waals surface area contributed by atoms with E-state index in [2.05, 4.69) is 27.5 Å². The zero-order valence-corrected chi connectivity index (χ0v) is 10.3. The molecule has 0 amide bonds. The number of alkyl halides is 1. The number of hydrogen-bond donors (Lipinski definition) is 0. The van der Waals surface area contributed by atoms with E-state index in [4.69, 9.17) is 0 Å². The van der Waals surface area contributed by atoms with Crippen molar-refractivity contribution in [1.82, 2.24) is 0 Å². The van der Waals surface area contributed by atoms with Crippen molar-refractivity contribution in [2.24, 2.45) is 0 Å². The van der Waals surface area contributed by atoms with E-state index in [0.717, 1.165) is 12.2 Å². The quantitative estimate of drug-likeness (QED) is 0.451. The van der Waals surface area contributed by atoms with Crippen LogP contribution in [-0.4, -0.2) is 16.4 Å². The Morgan fingerprint density at radius 3 is 2.60 bits per heavy atom. The van der Waals surface area contributed by atoms with Crippen LogP contribution < -0.4 is 4.90 Å². The smallest absolute Gasteiger partial charge is 0.137 e. The highest BCUT2D eigenvalue weighted by molar-refractivity contribution is 14.1. The number of carbonyl (C=O) groups is 1. The van der Waals surface area contributed by atoms with Gasteiger partial charge in [-0.05, 0) is 24.3 Å². The van der Waals surface area contributed by atoms with E-state index < -0.39 is 0 Å². The number of anilines is 1. The van der Waals surface area contributed by atoms with Crippen molar-refractivity contribution < 1.29 is 9.18 Å². The maximum Gasteiger partial charge on any atom is 0.137 e. The number of ketones is 1. The third-order valence-corrected chi connectivity index (χ3v) is 3.64. The highest BCUT2D eigenvalue weighted by Gasteiger charge is 2.24. The van der Waals surface area contributed by atoms with Crippen LogP contribution in [0.1, 0.15) is 12.8 Å². The van der Waals surface area contributed by atoms with Gasteiger partial charge in [0.05, 0.1) is 4.05 Å². The summed E-state index contributed by atoms with van der Waals surface area (Å²) in [4.78, 5) is 13.4. The predicted molar refractivity (Wildman–Crippen MR) is 65.8 cm³/mol. The monoisotopic (exact) mass is 319 g/mol. The highest BCUT2D eigenvalue weighted by atomic mass is 127. The molecule has 0 bridgehead atoms. The molecule has 2 rings (SSSR count). The van der Waals surface area contributed by atoms with E-state index in [1.807, 2.05) is 0 Å². The van der Waals surface area contributed by atoms with E-state index in [-0.39, 0.29) is 9.87 Å². The Hall–Kier alpha value is -0.650. The maximum atomic E-state index is 12.7. The molecule has 0 aromatic heterocycles. The molecule has 2 nitrogen and oxygen atoms in total. The fraction of sp³-hybridized carbons (Fsp3) is 0.364. The number of carbonyl (C=O) groups excluding carboxylic acids is 1. The van der Waals surface area contributed by atoms with E-state index in [0.29, 0.717) is 18.6 Å². The van der Waals surface area contributed by atoms with Gasteiger partial charge in [0.15, 0.2) is 0 Å². The van der Waals surface area contributed by atoms with Gasteiger partial charge in [-0.2, -0.15) is 0 Å². The largest absolute Gasteiger partial charge is 0.359 e. The van der Waals surface area contributed by atoms with E-state index in [9.17, 15) is 9.18 Å². The van der Waals surface area contributed by atoms with Crippen molar-refractivity contribution in [1.29, 1.82) is 0 Å². The van der Waals surface area contributed by atoms with Crippen molar-refractivity contribution in [3.05, 3.63) is 30.1 Å². The summed E-state index contributed by atoms with van der Waals surface area (Å²) in [7, 11) is 0. The van der Waals surface area contributed by atoms with Crippen molar-refractivity contribution in [3.8, 4) is 0 Å². The number of Topliss-reactive ketones (excluding diaryl/α,β-unsaturated/α-hetero) is 1. The van der Waals surface area contributed by atoms with E-state index in [1.165, 1.54) is 12.1 Å². The molecule has 1 heterocycles. The minimum absolute atomic E-state index is 0.189. The van der Waals surface area contributed by atoms with Crippen LogP contribution in [0.5, 0.6) is 0 Å². The van der Waals surface area contributed by atoms with Gasteiger partial charge >= 0.3 is 0 Å². The molecule has 1 saturated heterocycles. The SMILES string of the molecule is O=C1CCN(c2ccc(F)cc2)C(I)C1. The summed E-state index contributed by atoms with van der Waals surface area (Å²) >= 11 is 2.26. The molecule has 1 aromatic rings. The number of benzene rings is 1. The van der Waals surface area contributed by atoms with Gasteiger partial charge < -0.3 is 4.90 Å². The molecule has 80 valence electrons. The minimum atomic E-state index is -0.225. The van der Waals surface area contributed by atoms with Crippen LogP contribution in [0, 0.1) is 5.82 Å². The van der Waals surface area contributed by atoms with Gasteiger partial charge in [0.25, 0.3) is 0 Å². The molecule has 0 N–H and O–H groups in total. The second-order valence-electron chi connectivity index (χ2n) is 3.60. The van der Waals surface area contributed by atoms with Crippen LogP contribution in [-0.2, 0) is 4.79 Å². The molecule has 15 heavy (non-hydrogen) atoms. The zero-order valence-electron chi connectivity index (χ0n) is 8.12. The predicted octanol–water partition coefficient (Wildman–Crippen LogP) is 2.76. The number of hydrogen-bond acceptors (Lipinski definition) is 2. The maximum absolute atomic E-state index is 12.7. The van der Waals surface area contributed by atoms with Gasteiger partial charge in [0.2, 0.25) is 0 Å². The standard InChI is InChI=1S/C11H11FINO/c12-8-1-3-9(4-2-8)14-6-5-10(15)7-11(14)13/h1-4,11H,5-7H2. The summed E-state index contributed by atoms with van der Waals surface area (Å²) in [6, 6.07) is 6.43. The average Bonchev–Trinajstić information content (AvgIpc) is 2.20. The van der Waals surface area contributed by atoms with Crippen molar-refractivity contribution in [2.75, 3.05) is 11.4 Å². The Bertz CT molecular complexity index is 365. The Labute approximate surface area is 102 Å². The molecule has 4 heteroatoms. The molecule has 0 saturated carbocycles. The molecule has 1 aliphatic heterocycles. The number of halogens is 2. The second kappa shape index (κ2) is 4.47. The van der Waals surface area contributed by atoms with Gasteiger partial charge in [-0.1, -0.05) is 22.6 Å². The third kappa shape index (κ3) is 2.48. The lowest BCUT2D eigenvalue weighted by Gasteiger charge is -2.33. The summed E-state index contributed by atoms with van der Waals surface area (Å²) in [6.45, 7) is 0.734. The summed E-state index contributed by atoms with van der Waals surface area (Å²) in [6.07, 6.45) is 1.18. The zero-order chi connectivity index (χ0) is 10.8. The molecule has 0 aliphatic carbocycles. The van der Waals surface area contributed by atoms with Crippen LogP contribution in [0.15, 0.2) is 24.3 Å². The van der Waals surface area contributed by atoms with E-state index in [1.54, 1.807) is 12.1 Å². The first-order valence-electron chi connectivity index (χ1n) is 4.85. The summed E-state index contributed by atoms with van der Waals surface area (Å²) in [5.41, 5.74) is 0.989. The fourth-order valence-electron chi connectivity index (χ4n) is 1.71. The van der Waals surface area contributed by atoms with Crippen LogP contribution in [0.2, 0.25) is 0 Å². The molecule has 0 spiro atoms. The van der Waals surface area contributed by atoms with Gasteiger partial charge in [-0.25, -0.2) is 4.39 Å². The number of rotatable bonds is 1. The lowest BCUT2D eigenvalue weighted by Crippen LogP contribution is -2.39. The Balaban J connectivity index is 2.16. The molecular weight excluding hydrogens is 308 g/mol. The van der Waals surface area contributed by atoms with E-state index >= 15 is 0 Å². The average molecular weight is 319 g/mol. The Morgan fingerprint density at radius 2 is 2.00 bits per heavy atom. The Kier molecular flexibility index (Phi) is 3.23. The third-order valence-electron chi connectivity index (χ3n) is 2.52. The lowest BCUT2D eigenvalue weighted by molar-refractivity contribution is -0.119. The van der Waals surface area contributed by atoms with Gasteiger partial charge in [-0.3, -0.25) is 4.79 Å². The summed E-state index contributed by atoms with van der Waals surface area (Å²) in [5, 5.41) is 0. The van der Waals surface area contributed by atoms with Crippen LogP contribution in [0.25, 0.3) is 0 Å². The highest BCUT2D eigenvalue weighted by Crippen LogP contribution is 2.26. The number of piperidine rings is 1. The molecule has 0 radical (unpaired) electrons. The molecule has 1 aliphatic rings. The first-order chi connectivity index (χ1) is 7.16. The summed E-state index contributed by atoms with van der Waals surface area (Å²) < 4.78 is 12.9. The van der Waals surface area contributed by atoms with Crippen molar-refractivity contribution in [2.45, 2.75) is 16.9 Å². The molecular formula is C11H11FINO. The second-order valence-corrected chi connectivity index (χ2v) is 5.03. The van der Waals surface area contributed by atoms with Gasteiger partial charge in [0.1, 0.15) is 11.6 Å². The van der Waals surface area contributed by atoms with Crippen LogP contribution >= 0.6 is 22.6 Å². The first kappa shape index (κ1) is 10.9. The minimum Gasteiger partial charge on any atom is -0.359 e. The van der Waals surface area contributed by atoms with Crippen molar-refractivity contribution in [3.63, 3.8) is 0 Å².